The Morgan fingerprint density at radius 1 is 1.23 bits per heavy atom. The van der Waals surface area contributed by atoms with E-state index in [9.17, 15) is 0 Å². The summed E-state index contributed by atoms with van der Waals surface area (Å²) in [4.78, 5) is 4.67. The number of nitrogens with two attached hydrogens (primary N) is 1. The molecule has 4 heteroatoms. The van der Waals surface area contributed by atoms with Crippen molar-refractivity contribution in [2.45, 2.75) is 38.1 Å². The Balaban J connectivity index is 1.81. The van der Waals surface area contributed by atoms with Crippen LogP contribution in [-0.2, 0) is 0 Å². The Labute approximate surface area is 129 Å². The van der Waals surface area contributed by atoms with E-state index in [2.05, 4.69) is 46.4 Å². The number of hydrogen-bond donors (Lipinski definition) is 2. The van der Waals surface area contributed by atoms with Crippen molar-refractivity contribution in [3.63, 3.8) is 0 Å². The highest BCUT2D eigenvalue weighted by molar-refractivity contribution is 5.89. The van der Waals surface area contributed by atoms with Crippen molar-refractivity contribution in [3.05, 3.63) is 47.8 Å². The Morgan fingerprint density at radius 2 is 2.09 bits per heavy atom. The van der Waals surface area contributed by atoms with E-state index in [0.717, 1.165) is 23.2 Å². The van der Waals surface area contributed by atoms with Crippen molar-refractivity contribution in [2.24, 2.45) is 5.73 Å². The Bertz CT molecular complexity index is 800. The molecule has 112 valence electrons. The topological polar surface area (TPSA) is 67.6 Å². The van der Waals surface area contributed by atoms with Gasteiger partial charge in [0.2, 0.25) is 0 Å². The zero-order chi connectivity index (χ0) is 15.1. The summed E-state index contributed by atoms with van der Waals surface area (Å²) in [6.07, 6.45) is 7.30. The van der Waals surface area contributed by atoms with Gasteiger partial charge in [-0.3, -0.25) is 10.1 Å². The number of fused-ring (bicyclic) bond motifs is 1. The smallest absolute Gasteiger partial charge is 0.0705 e. The molecule has 2 aromatic heterocycles. The molecule has 4 nitrogen and oxygen atoms in total. The van der Waals surface area contributed by atoms with E-state index in [-0.39, 0.29) is 6.04 Å². The lowest BCUT2D eigenvalue weighted by atomic mass is 9.96. The van der Waals surface area contributed by atoms with E-state index < -0.39 is 0 Å². The molecule has 3 aromatic rings. The fourth-order valence-corrected chi connectivity index (χ4v) is 3.09. The molecule has 1 saturated carbocycles. The molecule has 0 radical (unpaired) electrons. The van der Waals surface area contributed by atoms with Gasteiger partial charge < -0.3 is 5.73 Å². The minimum atomic E-state index is 0.0702. The van der Waals surface area contributed by atoms with E-state index in [1.807, 2.05) is 12.4 Å². The van der Waals surface area contributed by atoms with E-state index in [0.29, 0.717) is 5.92 Å². The predicted molar refractivity (Wildman–Crippen MR) is 88.5 cm³/mol. The van der Waals surface area contributed by atoms with Gasteiger partial charge in [0.1, 0.15) is 0 Å². The van der Waals surface area contributed by atoms with Gasteiger partial charge in [-0.05, 0) is 48.4 Å². The zero-order valence-electron chi connectivity index (χ0n) is 12.7. The number of aromatic amines is 1. The number of rotatable bonds is 4. The Kier molecular flexibility index (Phi) is 3.19. The number of nitrogens with one attached hydrogen (secondary N) is 1. The molecule has 1 fully saturated rings. The van der Waals surface area contributed by atoms with Crippen molar-refractivity contribution in [2.75, 3.05) is 0 Å². The molecule has 1 atom stereocenters. The number of H-pyrrole nitrogens is 1. The van der Waals surface area contributed by atoms with E-state index in [4.69, 9.17) is 5.73 Å². The van der Waals surface area contributed by atoms with Crippen molar-refractivity contribution >= 4 is 10.9 Å². The lowest BCUT2D eigenvalue weighted by Crippen LogP contribution is -2.08. The number of nitrogens with zero attached hydrogens (tertiary/aromatic N) is 2. The van der Waals surface area contributed by atoms with Gasteiger partial charge in [0.15, 0.2) is 0 Å². The normalized spacial score (nSPS) is 16.1. The van der Waals surface area contributed by atoms with Crippen LogP contribution in [0, 0.1) is 0 Å². The summed E-state index contributed by atoms with van der Waals surface area (Å²) >= 11 is 0. The van der Waals surface area contributed by atoms with Gasteiger partial charge >= 0.3 is 0 Å². The van der Waals surface area contributed by atoms with Crippen LogP contribution in [0.3, 0.4) is 0 Å². The predicted octanol–water partition coefficient (Wildman–Crippen LogP) is 3.91. The van der Waals surface area contributed by atoms with Gasteiger partial charge in [-0.2, -0.15) is 5.10 Å². The summed E-state index contributed by atoms with van der Waals surface area (Å²) in [5, 5.41) is 8.49. The van der Waals surface area contributed by atoms with Crippen LogP contribution in [0.15, 0.2) is 36.7 Å². The lowest BCUT2D eigenvalue weighted by molar-refractivity contribution is 0.695. The molecular formula is C18H20N4. The number of hydrogen-bond acceptors (Lipinski definition) is 3. The maximum Gasteiger partial charge on any atom is 0.0705 e. The number of pyridine rings is 1. The summed E-state index contributed by atoms with van der Waals surface area (Å²) < 4.78 is 0. The first kappa shape index (κ1) is 13.5. The molecule has 0 bridgehead atoms. The number of benzene rings is 1. The van der Waals surface area contributed by atoms with Gasteiger partial charge in [-0.15, -0.1) is 0 Å². The summed E-state index contributed by atoms with van der Waals surface area (Å²) in [5.41, 5.74) is 11.9. The third-order valence-corrected chi connectivity index (χ3v) is 4.58. The standard InChI is InChI=1S/C18H20N4/c1-2-15(19)12-5-7-16(20-9-12)13-6-8-17-14(10-21-22-17)18(13)11-3-4-11/h5-11,15H,2-4,19H2,1H3,(H,21,22). The van der Waals surface area contributed by atoms with E-state index >= 15 is 0 Å². The van der Waals surface area contributed by atoms with Gasteiger partial charge in [0, 0.05) is 23.2 Å². The third kappa shape index (κ3) is 2.20. The molecule has 0 spiro atoms. The molecule has 3 N–H and O–H groups in total. The molecular weight excluding hydrogens is 272 g/mol. The first-order valence-corrected chi connectivity index (χ1v) is 7.95. The minimum Gasteiger partial charge on any atom is -0.324 e. The quantitative estimate of drug-likeness (QED) is 0.766. The van der Waals surface area contributed by atoms with Crippen LogP contribution in [0.25, 0.3) is 22.2 Å². The van der Waals surface area contributed by atoms with Gasteiger partial charge in [-0.1, -0.05) is 19.1 Å². The SMILES string of the molecule is CCC(N)c1ccc(-c2ccc3[nH]ncc3c2C2CC2)nc1. The second-order valence-corrected chi connectivity index (χ2v) is 6.12. The largest absolute Gasteiger partial charge is 0.324 e. The van der Waals surface area contributed by atoms with Crippen LogP contribution in [-0.4, -0.2) is 15.2 Å². The molecule has 1 aliphatic rings. The average Bonchev–Trinajstić information content (AvgIpc) is 3.29. The van der Waals surface area contributed by atoms with Crippen LogP contribution in [0.5, 0.6) is 0 Å². The Morgan fingerprint density at radius 3 is 2.77 bits per heavy atom. The summed E-state index contributed by atoms with van der Waals surface area (Å²) in [6.45, 7) is 2.09. The van der Waals surface area contributed by atoms with Gasteiger partial charge in [0.25, 0.3) is 0 Å². The molecule has 0 aliphatic heterocycles. The highest BCUT2D eigenvalue weighted by atomic mass is 15.1. The second-order valence-electron chi connectivity index (χ2n) is 6.12. The molecule has 0 amide bonds. The molecule has 4 rings (SSSR count). The van der Waals surface area contributed by atoms with Crippen LogP contribution < -0.4 is 5.73 Å². The fraction of sp³-hybridized carbons (Fsp3) is 0.333. The average molecular weight is 292 g/mol. The van der Waals surface area contributed by atoms with Crippen LogP contribution in [0.1, 0.15) is 49.3 Å². The zero-order valence-corrected chi connectivity index (χ0v) is 12.7. The molecule has 22 heavy (non-hydrogen) atoms. The molecule has 1 unspecified atom stereocenters. The highest BCUT2D eigenvalue weighted by Gasteiger charge is 2.29. The van der Waals surface area contributed by atoms with Crippen LogP contribution in [0.4, 0.5) is 0 Å². The van der Waals surface area contributed by atoms with Crippen LogP contribution in [0.2, 0.25) is 0 Å². The third-order valence-electron chi connectivity index (χ3n) is 4.58. The Hall–Kier alpha value is -2.20. The lowest BCUT2D eigenvalue weighted by Gasteiger charge is -2.12. The van der Waals surface area contributed by atoms with Gasteiger partial charge in [-0.25, -0.2) is 0 Å². The fourth-order valence-electron chi connectivity index (χ4n) is 3.09. The summed E-state index contributed by atoms with van der Waals surface area (Å²) in [5.74, 6) is 0.649. The molecule has 2 heterocycles. The van der Waals surface area contributed by atoms with Gasteiger partial charge in [0.05, 0.1) is 17.4 Å². The molecule has 1 aliphatic carbocycles. The van der Waals surface area contributed by atoms with E-state index in [1.54, 1.807) is 0 Å². The van der Waals surface area contributed by atoms with E-state index in [1.165, 1.54) is 29.4 Å². The van der Waals surface area contributed by atoms with Crippen molar-refractivity contribution in [3.8, 4) is 11.3 Å². The maximum absolute atomic E-state index is 6.08. The van der Waals surface area contributed by atoms with Crippen molar-refractivity contribution in [1.29, 1.82) is 0 Å². The minimum absolute atomic E-state index is 0.0702. The first-order valence-electron chi connectivity index (χ1n) is 7.95. The maximum atomic E-state index is 6.08. The molecule has 0 saturated heterocycles. The molecule has 1 aromatic carbocycles. The number of aromatic nitrogens is 3. The van der Waals surface area contributed by atoms with Crippen molar-refractivity contribution < 1.29 is 0 Å². The first-order chi connectivity index (χ1) is 10.8. The monoisotopic (exact) mass is 292 g/mol. The van der Waals surface area contributed by atoms with Crippen molar-refractivity contribution in [1.82, 2.24) is 15.2 Å². The highest BCUT2D eigenvalue weighted by Crippen LogP contribution is 2.47. The van der Waals surface area contributed by atoms with Crippen LogP contribution >= 0.6 is 0 Å². The second kappa shape index (κ2) is 5.21. The summed E-state index contributed by atoms with van der Waals surface area (Å²) in [7, 11) is 0. The summed E-state index contributed by atoms with van der Waals surface area (Å²) in [6, 6.07) is 8.53.